The van der Waals surface area contributed by atoms with E-state index >= 15 is 0 Å². The first-order chi connectivity index (χ1) is 37.8. The Labute approximate surface area is 519 Å². The number of aliphatic hydroxyl groups excluding tert-OH is 6. The highest BCUT2D eigenvalue weighted by Gasteiger charge is 2.50. The zero-order valence-corrected chi connectivity index (χ0v) is 60.7. The average Bonchev–Trinajstić information content (AvgIpc) is 4.33. The van der Waals surface area contributed by atoms with E-state index in [4.69, 9.17) is 10.2 Å². The van der Waals surface area contributed by atoms with Gasteiger partial charge in [0.05, 0.1) is 42.2 Å². The van der Waals surface area contributed by atoms with Gasteiger partial charge < -0.3 is 35.7 Å². The Balaban J connectivity index is 0.000000469. The minimum atomic E-state index is -0.478. The third-order valence-corrected chi connectivity index (χ3v) is 23.1. The lowest BCUT2D eigenvalue weighted by molar-refractivity contribution is 0.0157. The average molecular weight is 1180 g/mol. The highest BCUT2D eigenvalue weighted by atomic mass is 16.3. The van der Waals surface area contributed by atoms with Gasteiger partial charge >= 0.3 is 0 Å². The SMILES string of the molecule is CC(C)C1CC[C@@H](O)[C@@H](O)CC1.CC(C)C1C[C@@H](O)[C@@H](O)C1.CC(C)[C@@H]1CC1(C)C.CC(C)[C@@H]1CC1(C)C.CC(C)[C@H]1CC1(C)C.CC(C)[C@H]1CC[C@H](C)[C@@H](O)CC1.CC(C)[C@H]1C[C@@]1(C)O.CC(C)[C@H]1C[C@H](C)[C@@H](O)C1.CC(C)[C@H]1C[C@H]1C. The molecule has 498 valence electrons. The minimum Gasteiger partial charge on any atom is -0.393 e. The summed E-state index contributed by atoms with van der Waals surface area (Å²) in [6, 6.07) is 0. The molecule has 0 spiro atoms. The van der Waals surface area contributed by atoms with Crippen LogP contribution in [0, 0.1) is 141 Å². The second-order valence-corrected chi connectivity index (χ2v) is 35.3. The Bertz CT molecular complexity index is 1480. The van der Waals surface area contributed by atoms with Crippen LogP contribution < -0.4 is 0 Å². The van der Waals surface area contributed by atoms with Crippen molar-refractivity contribution in [3.63, 3.8) is 0 Å². The second-order valence-electron chi connectivity index (χ2n) is 35.3. The van der Waals surface area contributed by atoms with Crippen LogP contribution in [0.4, 0.5) is 0 Å². The maximum Gasteiger partial charge on any atom is 0.0802 e. The van der Waals surface area contributed by atoms with Crippen LogP contribution >= 0.6 is 0 Å². The molecule has 7 nitrogen and oxygen atoms in total. The van der Waals surface area contributed by atoms with Gasteiger partial charge in [-0.25, -0.2) is 0 Å². The van der Waals surface area contributed by atoms with Crippen molar-refractivity contribution in [2.75, 3.05) is 0 Å². The molecular weight excluding hydrogens is 1020 g/mol. The van der Waals surface area contributed by atoms with E-state index in [0.717, 1.165) is 135 Å². The highest BCUT2D eigenvalue weighted by Crippen LogP contribution is 2.57. The van der Waals surface area contributed by atoms with Gasteiger partial charge in [0.1, 0.15) is 0 Å². The van der Waals surface area contributed by atoms with E-state index in [2.05, 4.69) is 187 Å². The van der Waals surface area contributed by atoms with Crippen LogP contribution in [0.2, 0.25) is 0 Å². The molecule has 2 unspecified atom stereocenters. The molecule has 7 N–H and O–H groups in total. The molecule has 0 bridgehead atoms. The van der Waals surface area contributed by atoms with Gasteiger partial charge in [0, 0.05) is 0 Å². The van der Waals surface area contributed by atoms with Crippen LogP contribution in [0.15, 0.2) is 0 Å². The normalized spacial score (nSPS) is 38.3. The van der Waals surface area contributed by atoms with E-state index in [1.54, 1.807) is 0 Å². The molecular formula is C76H152O7. The van der Waals surface area contributed by atoms with Gasteiger partial charge in [-0.1, -0.05) is 187 Å². The van der Waals surface area contributed by atoms with E-state index in [1.807, 2.05) is 6.92 Å². The van der Waals surface area contributed by atoms with Crippen LogP contribution in [-0.2, 0) is 0 Å². The lowest BCUT2D eigenvalue weighted by Gasteiger charge is -2.17. The minimum absolute atomic E-state index is 0.0209. The summed E-state index contributed by atoms with van der Waals surface area (Å²) in [5, 5.41) is 65.5. The Morgan fingerprint density at radius 3 is 0.687 bits per heavy atom. The van der Waals surface area contributed by atoms with Gasteiger partial charge in [-0.3, -0.25) is 0 Å². The van der Waals surface area contributed by atoms with Crippen molar-refractivity contribution >= 4 is 0 Å². The first-order valence-electron chi connectivity index (χ1n) is 35.6. The predicted molar refractivity (Wildman–Crippen MR) is 359 cm³/mol. The molecule has 19 atom stereocenters. The van der Waals surface area contributed by atoms with Crippen LogP contribution in [-0.4, -0.2) is 78.0 Å². The van der Waals surface area contributed by atoms with Crippen LogP contribution in [0.1, 0.15) is 303 Å². The van der Waals surface area contributed by atoms with Crippen LogP contribution in [0.3, 0.4) is 0 Å². The van der Waals surface area contributed by atoms with Crippen molar-refractivity contribution < 1.29 is 35.7 Å². The molecule has 0 amide bonds. The van der Waals surface area contributed by atoms with Gasteiger partial charge in [0.15, 0.2) is 0 Å². The summed E-state index contributed by atoms with van der Waals surface area (Å²) in [5.41, 5.74) is 1.75. The van der Waals surface area contributed by atoms with Gasteiger partial charge in [-0.05, 0) is 257 Å². The third kappa shape index (κ3) is 30.9. The summed E-state index contributed by atoms with van der Waals surface area (Å²) in [7, 11) is 0. The first-order valence-corrected chi connectivity index (χ1v) is 35.6. The molecule has 9 fully saturated rings. The first kappa shape index (κ1) is 80.7. The monoisotopic (exact) mass is 1180 g/mol. The molecule has 0 aromatic carbocycles. The molecule has 9 aliphatic rings. The third-order valence-electron chi connectivity index (χ3n) is 23.1. The smallest absolute Gasteiger partial charge is 0.0802 e. The Kier molecular flexibility index (Phi) is 35.0. The predicted octanol–water partition coefficient (Wildman–Crippen LogP) is 19.0. The van der Waals surface area contributed by atoms with Gasteiger partial charge in [0.25, 0.3) is 0 Å². The quantitative estimate of drug-likeness (QED) is 0.114. The van der Waals surface area contributed by atoms with Gasteiger partial charge in [-0.2, -0.15) is 0 Å². The van der Waals surface area contributed by atoms with Crippen LogP contribution in [0.25, 0.3) is 0 Å². The molecule has 7 heteroatoms. The zero-order valence-electron chi connectivity index (χ0n) is 60.7. The Morgan fingerprint density at radius 2 is 0.530 bits per heavy atom. The molecule has 0 heterocycles. The molecule has 9 aliphatic carbocycles. The fourth-order valence-corrected chi connectivity index (χ4v) is 15.1. The van der Waals surface area contributed by atoms with Crippen molar-refractivity contribution in [1.82, 2.24) is 0 Å². The summed E-state index contributed by atoms with van der Waals surface area (Å²) in [5.74, 6) is 16.8. The van der Waals surface area contributed by atoms with Crippen molar-refractivity contribution in [3.05, 3.63) is 0 Å². The van der Waals surface area contributed by atoms with Crippen molar-refractivity contribution in [2.24, 2.45) is 141 Å². The molecule has 0 radical (unpaired) electrons. The molecule has 9 saturated carbocycles. The molecule has 83 heavy (non-hydrogen) atoms. The zero-order chi connectivity index (χ0) is 64.6. The number of hydrogen-bond acceptors (Lipinski definition) is 7. The van der Waals surface area contributed by atoms with Gasteiger partial charge in [0.2, 0.25) is 0 Å². The van der Waals surface area contributed by atoms with E-state index in [-0.39, 0.29) is 17.8 Å². The lowest BCUT2D eigenvalue weighted by atomic mass is 9.89. The van der Waals surface area contributed by atoms with Crippen molar-refractivity contribution in [3.8, 4) is 0 Å². The maximum atomic E-state index is 9.66. The molecule has 0 aliphatic heterocycles. The van der Waals surface area contributed by atoms with E-state index in [0.29, 0.717) is 63.6 Å². The summed E-state index contributed by atoms with van der Waals surface area (Å²) < 4.78 is 0. The molecule has 0 saturated heterocycles. The summed E-state index contributed by atoms with van der Waals surface area (Å²) in [4.78, 5) is 0. The Hall–Kier alpha value is -0.280. The fourth-order valence-electron chi connectivity index (χ4n) is 15.1. The number of aliphatic hydroxyl groups is 7. The van der Waals surface area contributed by atoms with Crippen LogP contribution in [0.5, 0.6) is 0 Å². The second kappa shape index (κ2) is 35.9. The summed E-state index contributed by atoms with van der Waals surface area (Å²) >= 11 is 0. The molecule has 0 aromatic heterocycles. The standard InChI is InChI=1S/C11H22O.C10H20O2.C9H18O.C8H16O2.3C8H16.C7H14O.C7H14/c1-8(2)10-5-4-9(3)11(12)7-6-10;1-7(2)8-3-5-9(11)10(12)6-4-8;1-6(2)8-4-7(3)9(10)5-8;1-5(2)6-3-7(9)8(10)4-6;3*1-6(2)7-5-8(7,3)4;1-5(2)6-4-7(6,3)8;1-5(2)7-4-6(7)3/h8-12H,4-7H2,1-3H3;7-12H,3-6H2,1-2H3;6-10H,4-5H2,1-3H3;5-10H,3-4H2,1-2H3;3*6-7H,5H2,1-4H3;5-6,8H,4H2,1-3H3;5-7H,4H2,1-3H3/t9-,10-,11-;8?,9-,10+;7-,8-,9-;6?,7-,8+;3*7-;2*6-,7-/m0.0.10011/s1. The van der Waals surface area contributed by atoms with Gasteiger partial charge in [-0.15, -0.1) is 0 Å². The van der Waals surface area contributed by atoms with E-state index in [9.17, 15) is 25.5 Å². The summed E-state index contributed by atoms with van der Waals surface area (Å²) in [6.07, 6.45) is 17.1. The largest absolute Gasteiger partial charge is 0.393 e. The highest BCUT2D eigenvalue weighted by molar-refractivity contribution is 5.01. The Morgan fingerprint density at radius 1 is 0.265 bits per heavy atom. The van der Waals surface area contributed by atoms with Crippen molar-refractivity contribution in [2.45, 2.75) is 345 Å². The van der Waals surface area contributed by atoms with Crippen molar-refractivity contribution in [1.29, 1.82) is 0 Å². The number of hydrogen-bond donors (Lipinski definition) is 7. The lowest BCUT2D eigenvalue weighted by Crippen LogP contribution is -2.23. The fraction of sp³-hybridized carbons (Fsp3) is 1.00. The van der Waals surface area contributed by atoms with E-state index in [1.165, 1.54) is 51.4 Å². The molecule has 0 aromatic rings. The summed E-state index contributed by atoms with van der Waals surface area (Å²) in [6.45, 7) is 63.4. The van der Waals surface area contributed by atoms with E-state index < -0.39 is 24.4 Å². The maximum absolute atomic E-state index is 9.66. The number of rotatable bonds is 9. The topological polar surface area (TPSA) is 142 Å². The molecule has 9 rings (SSSR count).